The van der Waals surface area contributed by atoms with Crippen molar-refractivity contribution in [1.29, 1.82) is 0 Å². The summed E-state index contributed by atoms with van der Waals surface area (Å²) in [6.45, 7) is 8.60. The Morgan fingerprint density at radius 2 is 1.68 bits per heavy atom. The van der Waals surface area contributed by atoms with E-state index in [0.717, 1.165) is 24.8 Å². The molecule has 2 aromatic rings. The second-order valence-corrected chi connectivity index (χ2v) is 13.0. The van der Waals surface area contributed by atoms with Gasteiger partial charge in [0.25, 0.3) is 0 Å². The molecule has 1 unspecified atom stereocenters. The van der Waals surface area contributed by atoms with Crippen molar-refractivity contribution in [3.63, 3.8) is 0 Å². The summed E-state index contributed by atoms with van der Waals surface area (Å²) >= 11 is 0. The summed E-state index contributed by atoms with van der Waals surface area (Å²) in [5, 5.41) is 9.06. The van der Waals surface area contributed by atoms with Gasteiger partial charge in [-0.05, 0) is 56.6 Å². The second-order valence-electron chi connectivity index (χ2n) is 13.0. The molecule has 11 nitrogen and oxygen atoms in total. The maximum atomic E-state index is 14.3. The van der Waals surface area contributed by atoms with E-state index < -0.39 is 41.9 Å². The number of unbranched alkanes of at least 4 members (excludes halogenated alkanes) is 2. The summed E-state index contributed by atoms with van der Waals surface area (Å²) in [6, 6.07) is 3.06. The Morgan fingerprint density at radius 1 is 0.915 bits per heavy atom. The van der Waals surface area contributed by atoms with Crippen LogP contribution in [0, 0.1) is 5.92 Å². The number of benzene rings is 1. The van der Waals surface area contributed by atoms with Crippen LogP contribution in [0.25, 0.3) is 10.9 Å². The Morgan fingerprint density at radius 3 is 2.40 bits per heavy atom. The zero-order chi connectivity index (χ0) is 34.1. The molecule has 2 fully saturated rings. The third-order valence-corrected chi connectivity index (χ3v) is 9.68. The number of amides is 4. The maximum Gasteiger partial charge on any atom is 0.248 e. The molecule has 2 aliphatic heterocycles. The van der Waals surface area contributed by atoms with Crippen LogP contribution in [-0.2, 0) is 30.5 Å². The molecule has 3 N–H and O–H groups in total. The Kier molecular flexibility index (Phi) is 12.7. The Balaban J connectivity index is 1.77. The molecule has 2 aliphatic rings. The van der Waals surface area contributed by atoms with Crippen molar-refractivity contribution in [3.05, 3.63) is 46.2 Å². The molecule has 0 aliphatic carbocycles. The number of carbonyl (C=O) groups is 5. The van der Waals surface area contributed by atoms with Crippen LogP contribution in [0.3, 0.4) is 0 Å². The number of piperidine rings is 1. The number of aromatic nitrogens is 1. The molecule has 4 rings (SSSR count). The van der Waals surface area contributed by atoms with Crippen molar-refractivity contribution >= 4 is 40.3 Å². The van der Waals surface area contributed by atoms with Gasteiger partial charge in [0.1, 0.15) is 30.0 Å². The standard InChI is InChI=1S/C36H51N5O6/c1-5-20-40-22-26(32(43)25-16-11-12-18-28(25)40)31-35(46)38-30(23(4)6-2)36(47)41-21-14-13-19-29(41)34(45)37-27(33(44)39-31)17-10-8-9-15-24(42)7-3/h11-12,16,18,22-23,27,29-31H,5-10,13-15,17,19-21H2,1-4H3,(H,37,45)(H,38,46)(H,39,44)/t23?,27-,29-,30-,31-/m1/s1. The van der Waals surface area contributed by atoms with Crippen LogP contribution in [0.15, 0.2) is 35.3 Å². The number of ketones is 1. The first-order valence-corrected chi connectivity index (χ1v) is 17.5. The van der Waals surface area contributed by atoms with Crippen molar-refractivity contribution in [2.45, 2.75) is 129 Å². The molecule has 0 saturated carbocycles. The fourth-order valence-corrected chi connectivity index (χ4v) is 6.65. The normalized spacial score (nSPS) is 23.2. The zero-order valence-electron chi connectivity index (χ0n) is 28.3. The lowest BCUT2D eigenvalue weighted by Crippen LogP contribution is -2.63. The zero-order valence-corrected chi connectivity index (χ0v) is 28.3. The molecule has 5 atom stereocenters. The molecule has 0 spiro atoms. The van der Waals surface area contributed by atoms with Crippen LogP contribution in [-0.4, -0.2) is 63.5 Å². The van der Waals surface area contributed by atoms with Crippen molar-refractivity contribution in [3.8, 4) is 0 Å². The molecule has 2 saturated heterocycles. The van der Waals surface area contributed by atoms with Crippen LogP contribution in [0.1, 0.15) is 110 Å². The van der Waals surface area contributed by atoms with Crippen molar-refractivity contribution in [2.75, 3.05) is 6.54 Å². The van der Waals surface area contributed by atoms with Gasteiger partial charge in [-0.1, -0.05) is 59.1 Å². The molecule has 11 heteroatoms. The first kappa shape index (κ1) is 35.8. The van der Waals surface area contributed by atoms with Crippen molar-refractivity contribution in [2.24, 2.45) is 5.92 Å². The van der Waals surface area contributed by atoms with E-state index in [-0.39, 0.29) is 35.0 Å². The van der Waals surface area contributed by atoms with Gasteiger partial charge in [0, 0.05) is 43.1 Å². The smallest absolute Gasteiger partial charge is 0.248 e. The van der Waals surface area contributed by atoms with Crippen LogP contribution < -0.4 is 21.4 Å². The number of pyridine rings is 1. The summed E-state index contributed by atoms with van der Waals surface area (Å²) < 4.78 is 1.91. The summed E-state index contributed by atoms with van der Waals surface area (Å²) in [4.78, 5) is 83.6. The number of aryl methyl sites for hydroxylation is 1. The van der Waals surface area contributed by atoms with E-state index in [0.29, 0.717) is 63.4 Å². The predicted molar refractivity (Wildman–Crippen MR) is 180 cm³/mol. The average molecular weight is 650 g/mol. The topological polar surface area (TPSA) is 147 Å². The SMILES string of the molecule is CCCn1cc([C@H]2NC(=O)[C@@H](CCCCCC(=O)CC)NC(=O)[C@H]3CCCCN3C(=O)[C@@H](C(C)CC)NC2=O)c(=O)c2ccccc21. The third kappa shape index (κ3) is 8.48. The number of para-hydroxylation sites is 1. The molecule has 1 aromatic heterocycles. The van der Waals surface area contributed by atoms with E-state index >= 15 is 0 Å². The van der Waals surface area contributed by atoms with Gasteiger partial charge < -0.3 is 25.4 Å². The Hall–Kier alpha value is -4.02. The minimum absolute atomic E-state index is 0.0920. The lowest BCUT2D eigenvalue weighted by Gasteiger charge is -2.39. The number of carbonyl (C=O) groups excluding carboxylic acids is 5. The van der Waals surface area contributed by atoms with E-state index in [1.807, 2.05) is 44.4 Å². The molecule has 256 valence electrons. The summed E-state index contributed by atoms with van der Waals surface area (Å²) in [7, 11) is 0. The molecule has 0 bridgehead atoms. The van der Waals surface area contributed by atoms with Gasteiger partial charge >= 0.3 is 0 Å². The quantitative estimate of drug-likeness (QED) is 0.297. The highest BCUT2D eigenvalue weighted by molar-refractivity contribution is 5.98. The van der Waals surface area contributed by atoms with Crippen molar-refractivity contribution in [1.82, 2.24) is 25.4 Å². The number of fused-ring (bicyclic) bond motifs is 2. The van der Waals surface area contributed by atoms with Gasteiger partial charge in [-0.2, -0.15) is 0 Å². The number of hydrogen-bond acceptors (Lipinski definition) is 6. The summed E-state index contributed by atoms with van der Waals surface area (Å²) in [6.07, 6.45) is 8.09. The van der Waals surface area contributed by atoms with Gasteiger partial charge in [0.15, 0.2) is 5.43 Å². The van der Waals surface area contributed by atoms with Gasteiger partial charge in [0.05, 0.1) is 5.52 Å². The highest BCUT2D eigenvalue weighted by Gasteiger charge is 2.41. The average Bonchev–Trinajstić information content (AvgIpc) is 3.08. The van der Waals surface area contributed by atoms with Gasteiger partial charge in [-0.15, -0.1) is 0 Å². The molecule has 3 heterocycles. The number of nitrogens with one attached hydrogen (secondary N) is 3. The van der Waals surface area contributed by atoms with E-state index in [4.69, 9.17) is 0 Å². The van der Waals surface area contributed by atoms with Crippen LogP contribution in [0.2, 0.25) is 0 Å². The minimum atomic E-state index is -1.40. The first-order chi connectivity index (χ1) is 22.6. The monoisotopic (exact) mass is 649 g/mol. The van der Waals surface area contributed by atoms with Gasteiger partial charge in [-0.25, -0.2) is 0 Å². The minimum Gasteiger partial charge on any atom is -0.347 e. The summed E-state index contributed by atoms with van der Waals surface area (Å²) in [5.41, 5.74) is 0.428. The Bertz CT molecular complexity index is 1520. The number of rotatable bonds is 12. The first-order valence-electron chi connectivity index (χ1n) is 17.5. The molecule has 0 radical (unpaired) electrons. The van der Waals surface area contributed by atoms with E-state index in [1.165, 1.54) is 0 Å². The van der Waals surface area contributed by atoms with Gasteiger partial charge in [0.2, 0.25) is 23.6 Å². The van der Waals surface area contributed by atoms with Crippen molar-refractivity contribution < 1.29 is 24.0 Å². The van der Waals surface area contributed by atoms with E-state index in [2.05, 4.69) is 16.0 Å². The fourth-order valence-electron chi connectivity index (χ4n) is 6.65. The molecule has 1 aromatic carbocycles. The predicted octanol–water partition coefficient (Wildman–Crippen LogP) is 3.91. The van der Waals surface area contributed by atoms with Crippen LogP contribution in [0.4, 0.5) is 0 Å². The molecule has 47 heavy (non-hydrogen) atoms. The lowest BCUT2D eigenvalue weighted by molar-refractivity contribution is -0.147. The highest BCUT2D eigenvalue weighted by Crippen LogP contribution is 2.24. The largest absolute Gasteiger partial charge is 0.347 e. The van der Waals surface area contributed by atoms with E-state index in [9.17, 15) is 28.8 Å². The van der Waals surface area contributed by atoms with E-state index in [1.54, 1.807) is 23.2 Å². The number of nitrogens with zero attached hydrogens (tertiary/aromatic N) is 2. The van der Waals surface area contributed by atoms with Crippen LogP contribution >= 0.6 is 0 Å². The highest BCUT2D eigenvalue weighted by atomic mass is 16.2. The third-order valence-electron chi connectivity index (χ3n) is 9.68. The fraction of sp³-hybridized carbons (Fsp3) is 0.611. The maximum absolute atomic E-state index is 14.3. The molecular formula is C36H51N5O6. The Labute approximate surface area is 277 Å². The number of hydrogen-bond donors (Lipinski definition) is 3. The molecule has 4 amide bonds. The summed E-state index contributed by atoms with van der Waals surface area (Å²) in [5.74, 6) is -2.05. The van der Waals surface area contributed by atoms with Crippen LogP contribution in [0.5, 0.6) is 0 Å². The number of Topliss-reactive ketones (excluding diaryl/α,β-unsaturated/α-hetero) is 1. The second kappa shape index (κ2) is 16.7. The molecular weight excluding hydrogens is 598 g/mol. The lowest BCUT2D eigenvalue weighted by atomic mass is 9.93. The van der Waals surface area contributed by atoms with Gasteiger partial charge in [-0.3, -0.25) is 28.8 Å².